The number of carbonyl (C=O) groups is 1. The van der Waals surface area contributed by atoms with Gasteiger partial charge in [0.1, 0.15) is 23.2 Å². The molecule has 0 saturated heterocycles. The lowest BCUT2D eigenvalue weighted by Gasteiger charge is -2.01. The Hall–Kier alpha value is -2.99. The first-order valence-corrected chi connectivity index (χ1v) is 8.71. The number of aromatic nitrogens is 1. The van der Waals surface area contributed by atoms with Crippen LogP contribution in [0.3, 0.4) is 0 Å². The maximum absolute atomic E-state index is 12.8. The summed E-state index contributed by atoms with van der Waals surface area (Å²) in [5.74, 6) is -0.0398. The SMILES string of the molecule is COc1cccc(-c2nc(COC(=O)/C=C/c3ccc(F)cc3)cs2)c1. The van der Waals surface area contributed by atoms with Crippen molar-refractivity contribution in [2.45, 2.75) is 6.61 Å². The molecule has 0 spiro atoms. The number of benzene rings is 2. The van der Waals surface area contributed by atoms with E-state index in [1.807, 2.05) is 29.6 Å². The molecule has 0 N–H and O–H groups in total. The molecule has 0 saturated carbocycles. The van der Waals surface area contributed by atoms with Gasteiger partial charge in [0.25, 0.3) is 0 Å². The van der Waals surface area contributed by atoms with Gasteiger partial charge in [-0.1, -0.05) is 24.3 Å². The lowest BCUT2D eigenvalue weighted by Crippen LogP contribution is -2.00. The minimum atomic E-state index is -0.481. The second-order valence-corrected chi connectivity index (χ2v) is 6.23. The Bertz CT molecular complexity index is 919. The average Bonchev–Trinajstić information content (AvgIpc) is 3.15. The summed E-state index contributed by atoms with van der Waals surface area (Å²) in [6, 6.07) is 13.5. The average molecular weight is 369 g/mol. The Kier molecular flexibility index (Phi) is 5.76. The molecule has 0 fully saturated rings. The molecule has 0 aliphatic rings. The van der Waals surface area contributed by atoms with Crippen molar-refractivity contribution in [1.29, 1.82) is 0 Å². The van der Waals surface area contributed by atoms with E-state index in [1.54, 1.807) is 25.3 Å². The summed E-state index contributed by atoms with van der Waals surface area (Å²) in [6.45, 7) is 0.0903. The summed E-state index contributed by atoms with van der Waals surface area (Å²) in [5, 5.41) is 2.68. The van der Waals surface area contributed by atoms with Crippen LogP contribution in [0.15, 0.2) is 60.0 Å². The van der Waals surface area contributed by atoms with Crippen LogP contribution in [0, 0.1) is 5.82 Å². The van der Waals surface area contributed by atoms with Gasteiger partial charge in [0.15, 0.2) is 0 Å². The number of ether oxygens (including phenoxy) is 2. The Morgan fingerprint density at radius 3 is 2.81 bits per heavy atom. The monoisotopic (exact) mass is 369 g/mol. The normalized spacial score (nSPS) is 10.8. The van der Waals surface area contributed by atoms with Gasteiger partial charge in [0.05, 0.1) is 12.8 Å². The van der Waals surface area contributed by atoms with E-state index in [0.717, 1.165) is 21.9 Å². The molecule has 6 heteroatoms. The molecule has 3 rings (SSSR count). The van der Waals surface area contributed by atoms with Crippen LogP contribution in [0.1, 0.15) is 11.3 Å². The van der Waals surface area contributed by atoms with Crippen LogP contribution in [0.4, 0.5) is 4.39 Å². The number of rotatable bonds is 6. The largest absolute Gasteiger partial charge is 0.497 e. The zero-order valence-electron chi connectivity index (χ0n) is 14.0. The third kappa shape index (κ3) is 4.77. The third-order valence-corrected chi connectivity index (χ3v) is 4.45. The number of methoxy groups -OCH3 is 1. The van der Waals surface area contributed by atoms with Gasteiger partial charge in [-0.2, -0.15) is 0 Å². The fourth-order valence-corrected chi connectivity index (χ4v) is 2.99. The molecule has 1 heterocycles. The molecular weight excluding hydrogens is 353 g/mol. The van der Waals surface area contributed by atoms with Crippen molar-refractivity contribution in [2.24, 2.45) is 0 Å². The van der Waals surface area contributed by atoms with E-state index in [1.165, 1.54) is 29.5 Å². The van der Waals surface area contributed by atoms with Crippen molar-refractivity contribution in [3.8, 4) is 16.3 Å². The quantitative estimate of drug-likeness (QED) is 0.466. The fourth-order valence-electron chi connectivity index (χ4n) is 2.19. The van der Waals surface area contributed by atoms with Crippen molar-refractivity contribution in [3.63, 3.8) is 0 Å². The first-order chi connectivity index (χ1) is 12.6. The highest BCUT2D eigenvalue weighted by Crippen LogP contribution is 2.27. The smallest absolute Gasteiger partial charge is 0.331 e. The van der Waals surface area contributed by atoms with Crippen LogP contribution in [0.2, 0.25) is 0 Å². The van der Waals surface area contributed by atoms with E-state index < -0.39 is 5.97 Å². The number of halogens is 1. The molecule has 0 bridgehead atoms. The predicted octanol–water partition coefficient (Wildman–Crippen LogP) is 4.71. The van der Waals surface area contributed by atoms with Gasteiger partial charge in [0.2, 0.25) is 0 Å². The van der Waals surface area contributed by atoms with E-state index in [4.69, 9.17) is 9.47 Å². The first-order valence-electron chi connectivity index (χ1n) is 7.83. The Morgan fingerprint density at radius 2 is 2.04 bits per heavy atom. The molecule has 0 radical (unpaired) electrons. The van der Waals surface area contributed by atoms with Crippen LogP contribution in [-0.4, -0.2) is 18.1 Å². The number of esters is 1. The van der Waals surface area contributed by atoms with Gasteiger partial charge >= 0.3 is 5.97 Å². The van der Waals surface area contributed by atoms with Gasteiger partial charge < -0.3 is 9.47 Å². The van der Waals surface area contributed by atoms with Crippen LogP contribution >= 0.6 is 11.3 Å². The van der Waals surface area contributed by atoms with Gasteiger partial charge in [0, 0.05) is 17.0 Å². The third-order valence-electron chi connectivity index (χ3n) is 3.51. The fraction of sp³-hybridized carbons (Fsp3) is 0.100. The summed E-state index contributed by atoms with van der Waals surface area (Å²) in [7, 11) is 1.62. The molecule has 1 aromatic heterocycles. The Morgan fingerprint density at radius 1 is 1.23 bits per heavy atom. The summed E-state index contributed by atoms with van der Waals surface area (Å²) in [5.41, 5.74) is 2.34. The molecule has 0 amide bonds. The van der Waals surface area contributed by atoms with Crippen LogP contribution in [0.5, 0.6) is 5.75 Å². The second-order valence-electron chi connectivity index (χ2n) is 5.37. The Labute approximate surface area is 154 Å². The van der Waals surface area contributed by atoms with Gasteiger partial charge in [-0.15, -0.1) is 11.3 Å². The van der Waals surface area contributed by atoms with Crippen molar-refractivity contribution in [2.75, 3.05) is 7.11 Å². The second kappa shape index (κ2) is 8.40. The number of nitrogens with zero attached hydrogens (tertiary/aromatic N) is 1. The van der Waals surface area contributed by atoms with E-state index in [2.05, 4.69) is 4.98 Å². The van der Waals surface area contributed by atoms with Crippen molar-refractivity contribution >= 4 is 23.4 Å². The summed E-state index contributed by atoms with van der Waals surface area (Å²) >= 11 is 1.47. The lowest BCUT2D eigenvalue weighted by molar-refractivity contribution is -0.139. The van der Waals surface area contributed by atoms with E-state index in [9.17, 15) is 9.18 Å². The highest BCUT2D eigenvalue weighted by Gasteiger charge is 2.07. The zero-order valence-corrected chi connectivity index (χ0v) is 14.8. The van der Waals surface area contributed by atoms with Gasteiger partial charge in [-0.25, -0.2) is 14.2 Å². The Balaban J connectivity index is 1.57. The topological polar surface area (TPSA) is 48.4 Å². The molecule has 3 aromatic rings. The van der Waals surface area contributed by atoms with Crippen molar-refractivity contribution in [3.05, 3.63) is 77.1 Å². The van der Waals surface area contributed by atoms with E-state index in [-0.39, 0.29) is 12.4 Å². The first kappa shape index (κ1) is 17.8. The van der Waals surface area contributed by atoms with E-state index >= 15 is 0 Å². The predicted molar refractivity (Wildman–Crippen MR) is 99.3 cm³/mol. The van der Waals surface area contributed by atoms with Crippen LogP contribution < -0.4 is 4.74 Å². The number of hydrogen-bond donors (Lipinski definition) is 0. The zero-order chi connectivity index (χ0) is 18.4. The molecule has 0 atom stereocenters. The van der Waals surface area contributed by atoms with Gasteiger partial charge in [-0.3, -0.25) is 0 Å². The van der Waals surface area contributed by atoms with E-state index in [0.29, 0.717) is 5.69 Å². The molecule has 4 nitrogen and oxygen atoms in total. The summed E-state index contributed by atoms with van der Waals surface area (Å²) in [6.07, 6.45) is 2.88. The number of thiazole rings is 1. The highest BCUT2D eigenvalue weighted by atomic mass is 32.1. The van der Waals surface area contributed by atoms with Crippen LogP contribution in [-0.2, 0) is 16.1 Å². The van der Waals surface area contributed by atoms with Crippen molar-refractivity contribution in [1.82, 2.24) is 4.98 Å². The highest BCUT2D eigenvalue weighted by molar-refractivity contribution is 7.13. The molecular formula is C20H16FNO3S. The molecule has 0 aliphatic carbocycles. The number of hydrogen-bond acceptors (Lipinski definition) is 5. The van der Waals surface area contributed by atoms with Gasteiger partial charge in [-0.05, 0) is 35.9 Å². The lowest BCUT2D eigenvalue weighted by atomic mass is 10.2. The molecule has 26 heavy (non-hydrogen) atoms. The van der Waals surface area contributed by atoms with Crippen LogP contribution in [0.25, 0.3) is 16.6 Å². The molecule has 0 unspecified atom stereocenters. The molecule has 132 valence electrons. The minimum absolute atomic E-state index is 0.0903. The molecule has 0 aliphatic heterocycles. The number of carbonyl (C=O) groups excluding carboxylic acids is 1. The summed E-state index contributed by atoms with van der Waals surface area (Å²) in [4.78, 5) is 16.3. The van der Waals surface area contributed by atoms with Crippen molar-refractivity contribution < 1.29 is 18.7 Å². The summed E-state index contributed by atoms with van der Waals surface area (Å²) < 4.78 is 23.2. The minimum Gasteiger partial charge on any atom is -0.497 e. The maximum atomic E-state index is 12.8. The standard InChI is InChI=1S/C20H16FNO3S/c1-24-18-4-2-3-15(11-18)20-22-17(13-26-20)12-25-19(23)10-7-14-5-8-16(21)9-6-14/h2-11,13H,12H2,1H3/b10-7+. The maximum Gasteiger partial charge on any atom is 0.331 e. The molecule has 2 aromatic carbocycles.